The molecule has 0 atom stereocenters. The van der Waals surface area contributed by atoms with E-state index in [9.17, 15) is 4.39 Å². The Kier molecular flexibility index (Phi) is 5.40. The quantitative estimate of drug-likeness (QED) is 0.597. The molecule has 8 heteroatoms. The average Bonchev–Trinajstić information content (AvgIpc) is 3.10. The smallest absolute Gasteiger partial charge is 0.151 e. The molecule has 3 aromatic rings. The number of benzene rings is 1. The molecule has 2 aromatic heterocycles. The van der Waals surface area contributed by atoms with Gasteiger partial charge in [0.25, 0.3) is 0 Å². The Morgan fingerprint density at radius 1 is 1.06 bits per heavy atom. The van der Waals surface area contributed by atoms with E-state index in [1.807, 2.05) is 6.07 Å². The van der Waals surface area contributed by atoms with Crippen LogP contribution in [-0.2, 0) is 13.1 Å². The molecule has 2 aliphatic rings. The first-order valence-corrected chi connectivity index (χ1v) is 11.2. The maximum Gasteiger partial charge on any atom is 0.151 e. The van der Waals surface area contributed by atoms with Gasteiger partial charge in [-0.3, -0.25) is 9.47 Å². The Labute approximate surface area is 186 Å². The molecule has 1 saturated heterocycles. The summed E-state index contributed by atoms with van der Waals surface area (Å²) < 4.78 is 15.5. The summed E-state index contributed by atoms with van der Waals surface area (Å²) in [6.45, 7) is 7.72. The van der Waals surface area contributed by atoms with Gasteiger partial charge in [0.05, 0.1) is 18.4 Å². The Morgan fingerprint density at radius 3 is 2.58 bits per heavy atom. The lowest BCUT2D eigenvalue weighted by molar-refractivity contribution is 0.201. The summed E-state index contributed by atoms with van der Waals surface area (Å²) in [5.41, 5.74) is 2.33. The number of hydrogen-bond donors (Lipinski definition) is 0. The minimum absolute atomic E-state index is 0.306. The van der Waals surface area contributed by atoms with Crippen LogP contribution in [0.1, 0.15) is 49.8 Å². The Balaban J connectivity index is 1.44. The van der Waals surface area contributed by atoms with Gasteiger partial charge < -0.3 is 4.90 Å². The normalized spacial score (nSPS) is 17.5. The van der Waals surface area contributed by atoms with Gasteiger partial charge in [-0.1, -0.05) is 11.6 Å². The van der Waals surface area contributed by atoms with Crippen LogP contribution in [0.4, 0.5) is 10.2 Å². The number of pyridine rings is 1. The van der Waals surface area contributed by atoms with Gasteiger partial charge in [0.15, 0.2) is 5.82 Å². The van der Waals surface area contributed by atoms with Gasteiger partial charge >= 0.3 is 0 Å². The average molecular weight is 441 g/mol. The van der Waals surface area contributed by atoms with Crippen LogP contribution in [-0.4, -0.2) is 43.8 Å². The topological polar surface area (TPSA) is 50.1 Å². The fourth-order valence-electron chi connectivity index (χ4n) is 4.60. The summed E-state index contributed by atoms with van der Waals surface area (Å²) in [6, 6.07) is 9.71. The molecule has 6 nitrogen and oxygen atoms in total. The molecular formula is C23H26ClFN6. The van der Waals surface area contributed by atoms with Crippen LogP contribution in [0, 0.1) is 5.82 Å². The minimum atomic E-state index is -0.306. The Bertz CT molecular complexity index is 1070. The van der Waals surface area contributed by atoms with Crippen LogP contribution in [0.25, 0.3) is 5.69 Å². The first kappa shape index (κ1) is 20.4. The van der Waals surface area contributed by atoms with E-state index in [2.05, 4.69) is 55.5 Å². The van der Waals surface area contributed by atoms with Crippen LogP contribution in [0.15, 0.2) is 36.5 Å². The van der Waals surface area contributed by atoms with E-state index >= 15 is 0 Å². The van der Waals surface area contributed by atoms with Crippen LogP contribution >= 0.6 is 11.6 Å². The second-order valence-corrected chi connectivity index (χ2v) is 9.11. The maximum atomic E-state index is 13.2. The molecule has 4 heterocycles. The fraction of sp³-hybridized carbons (Fsp3) is 0.435. The molecular weight excluding hydrogens is 415 g/mol. The third-order valence-corrected chi connectivity index (χ3v) is 6.62. The van der Waals surface area contributed by atoms with Crippen molar-refractivity contribution in [2.24, 2.45) is 0 Å². The summed E-state index contributed by atoms with van der Waals surface area (Å²) in [7, 11) is 0. The van der Waals surface area contributed by atoms with Gasteiger partial charge in [-0.05, 0) is 62.6 Å². The van der Waals surface area contributed by atoms with Crippen molar-refractivity contribution in [3.63, 3.8) is 0 Å². The standard InChI is InChI=1S/C23H26ClFN6/c1-15(2)30-13-17-11-18(24)3-5-20(17)31-22(14-30)27-28-23(31)16-7-9-29(10-8-16)21-6-4-19(25)12-26-21/h3-6,11-12,15-16H,7-10,13-14H2,1-2H3. The number of nitrogens with zero attached hydrogens (tertiary/aromatic N) is 6. The molecule has 0 bridgehead atoms. The molecule has 2 aliphatic heterocycles. The highest BCUT2D eigenvalue weighted by molar-refractivity contribution is 6.30. The largest absolute Gasteiger partial charge is 0.357 e. The van der Waals surface area contributed by atoms with Crippen molar-refractivity contribution in [1.82, 2.24) is 24.6 Å². The lowest BCUT2D eigenvalue weighted by atomic mass is 9.95. The number of piperidine rings is 1. The van der Waals surface area contributed by atoms with E-state index in [1.165, 1.54) is 17.8 Å². The lowest BCUT2D eigenvalue weighted by Crippen LogP contribution is -2.34. The fourth-order valence-corrected chi connectivity index (χ4v) is 4.80. The van der Waals surface area contributed by atoms with E-state index in [0.717, 1.165) is 67.2 Å². The molecule has 0 spiro atoms. The van der Waals surface area contributed by atoms with Crippen molar-refractivity contribution in [2.75, 3.05) is 18.0 Å². The van der Waals surface area contributed by atoms with Gasteiger partial charge in [0.2, 0.25) is 0 Å². The van der Waals surface area contributed by atoms with Gasteiger partial charge in [-0.15, -0.1) is 10.2 Å². The van der Waals surface area contributed by atoms with E-state index in [4.69, 9.17) is 11.6 Å². The van der Waals surface area contributed by atoms with Crippen LogP contribution < -0.4 is 4.90 Å². The van der Waals surface area contributed by atoms with Crippen LogP contribution in [0.5, 0.6) is 0 Å². The van der Waals surface area contributed by atoms with Crippen molar-refractivity contribution in [3.8, 4) is 5.69 Å². The highest BCUT2D eigenvalue weighted by Gasteiger charge is 2.30. The third-order valence-electron chi connectivity index (χ3n) is 6.38. The van der Waals surface area contributed by atoms with E-state index in [-0.39, 0.29) is 5.82 Å². The molecule has 1 fully saturated rings. The summed E-state index contributed by atoms with van der Waals surface area (Å²) in [5.74, 6) is 2.84. The molecule has 0 N–H and O–H groups in total. The summed E-state index contributed by atoms with van der Waals surface area (Å²) in [4.78, 5) is 8.85. The number of aromatic nitrogens is 4. The zero-order valence-corrected chi connectivity index (χ0v) is 18.6. The van der Waals surface area contributed by atoms with Gasteiger partial charge in [0, 0.05) is 36.6 Å². The number of halogens is 2. The van der Waals surface area contributed by atoms with E-state index in [0.29, 0.717) is 12.0 Å². The zero-order valence-electron chi connectivity index (χ0n) is 17.8. The molecule has 1 aromatic carbocycles. The molecule has 0 aliphatic carbocycles. The molecule has 162 valence electrons. The third kappa shape index (κ3) is 3.92. The Morgan fingerprint density at radius 2 is 1.87 bits per heavy atom. The van der Waals surface area contributed by atoms with Crippen molar-refractivity contribution in [2.45, 2.75) is 51.7 Å². The van der Waals surface area contributed by atoms with Gasteiger partial charge in [-0.25, -0.2) is 9.37 Å². The predicted molar refractivity (Wildman–Crippen MR) is 119 cm³/mol. The number of anilines is 1. The van der Waals surface area contributed by atoms with Crippen molar-refractivity contribution < 1.29 is 4.39 Å². The first-order valence-electron chi connectivity index (χ1n) is 10.8. The SMILES string of the molecule is CC(C)N1Cc2cc(Cl)ccc2-n2c(nnc2C2CCN(c3ccc(F)cn3)CC2)C1. The molecule has 0 saturated carbocycles. The second kappa shape index (κ2) is 8.20. The van der Waals surface area contributed by atoms with E-state index in [1.54, 1.807) is 6.07 Å². The molecule has 5 rings (SSSR count). The summed E-state index contributed by atoms with van der Waals surface area (Å²) in [5, 5.41) is 10.0. The van der Waals surface area contributed by atoms with Gasteiger partial charge in [-0.2, -0.15) is 0 Å². The predicted octanol–water partition coefficient (Wildman–Crippen LogP) is 4.56. The molecule has 0 radical (unpaired) electrons. The van der Waals surface area contributed by atoms with Crippen LogP contribution in [0.3, 0.4) is 0 Å². The minimum Gasteiger partial charge on any atom is -0.357 e. The second-order valence-electron chi connectivity index (χ2n) is 8.68. The highest BCUT2D eigenvalue weighted by atomic mass is 35.5. The van der Waals surface area contributed by atoms with Crippen molar-refractivity contribution in [1.29, 1.82) is 0 Å². The zero-order chi connectivity index (χ0) is 21.5. The van der Waals surface area contributed by atoms with Gasteiger partial charge in [0.1, 0.15) is 17.5 Å². The lowest BCUT2D eigenvalue weighted by Gasteiger charge is -2.32. The van der Waals surface area contributed by atoms with Crippen molar-refractivity contribution in [3.05, 3.63) is 64.6 Å². The van der Waals surface area contributed by atoms with Crippen molar-refractivity contribution >= 4 is 17.4 Å². The highest BCUT2D eigenvalue weighted by Crippen LogP contribution is 2.34. The maximum absolute atomic E-state index is 13.2. The van der Waals surface area contributed by atoms with E-state index < -0.39 is 0 Å². The molecule has 0 unspecified atom stereocenters. The first-order chi connectivity index (χ1) is 15.0. The molecule has 0 amide bonds. The van der Waals surface area contributed by atoms with Crippen LogP contribution in [0.2, 0.25) is 5.02 Å². The number of hydrogen-bond acceptors (Lipinski definition) is 5. The summed E-state index contributed by atoms with van der Waals surface area (Å²) in [6.07, 6.45) is 3.18. The summed E-state index contributed by atoms with van der Waals surface area (Å²) >= 11 is 6.34. The monoisotopic (exact) mass is 440 g/mol. The Hall–Kier alpha value is -2.51. The number of fused-ring (bicyclic) bond motifs is 3. The number of rotatable bonds is 3. The molecule has 31 heavy (non-hydrogen) atoms.